The van der Waals surface area contributed by atoms with Crippen molar-refractivity contribution in [1.82, 2.24) is 13.5 Å². The lowest BCUT2D eigenvalue weighted by atomic mass is 10.1. The van der Waals surface area contributed by atoms with Crippen LogP contribution in [0.1, 0.15) is 12.6 Å². The molecule has 0 aliphatic rings. The summed E-state index contributed by atoms with van der Waals surface area (Å²) in [5.41, 5.74) is -2.73. The van der Waals surface area contributed by atoms with Crippen LogP contribution in [0.3, 0.4) is 0 Å². The molecule has 1 unspecified atom stereocenters. The lowest BCUT2D eigenvalue weighted by Gasteiger charge is -2.16. The number of alkyl halides is 3. The first-order valence-corrected chi connectivity index (χ1v) is 11.5. The van der Waals surface area contributed by atoms with Crippen molar-refractivity contribution in [2.45, 2.75) is 19.2 Å². The Kier molecular flexibility index (Phi) is 6.82. The maximum absolute atomic E-state index is 13.2. The molecule has 2 heterocycles. The number of esters is 1. The molecule has 194 valence electrons. The van der Waals surface area contributed by atoms with Gasteiger partial charge in [-0.1, -0.05) is 0 Å². The van der Waals surface area contributed by atoms with Gasteiger partial charge < -0.3 is 14.2 Å². The lowest BCUT2D eigenvalue weighted by molar-refractivity contribution is -0.148. The standard InChI is InChI=1S/C24H20F3N3O6S/c1-12(22(32)35-4)36-17-7-6-14(34-3)10-15(17)21-16-9-13(5-8-18(16)37-28-21)30-20(31)11-19(24(25,26)27)29(2)23(30)33/h5-12H,1-4H3. The monoisotopic (exact) mass is 535 g/mol. The van der Waals surface area contributed by atoms with E-state index in [1.54, 1.807) is 24.3 Å². The summed E-state index contributed by atoms with van der Waals surface area (Å²) in [5.74, 6) is 0.168. The Hall–Kier alpha value is -4.13. The second-order valence-corrected chi connectivity index (χ2v) is 8.70. The fraction of sp³-hybridized carbons (Fsp3) is 0.250. The molecule has 0 radical (unpaired) electrons. The summed E-state index contributed by atoms with van der Waals surface area (Å²) in [5, 5.41) is 0.500. The molecule has 0 amide bonds. The Labute approximate surface area is 211 Å². The van der Waals surface area contributed by atoms with Crippen LogP contribution in [0, 0.1) is 0 Å². The maximum Gasteiger partial charge on any atom is 0.431 e. The van der Waals surface area contributed by atoms with Crippen molar-refractivity contribution >= 4 is 27.6 Å². The zero-order chi connectivity index (χ0) is 27.1. The van der Waals surface area contributed by atoms with Crippen LogP contribution in [0.2, 0.25) is 0 Å². The van der Waals surface area contributed by atoms with Crippen molar-refractivity contribution in [3.63, 3.8) is 0 Å². The molecule has 4 rings (SSSR count). The summed E-state index contributed by atoms with van der Waals surface area (Å²) in [7, 11) is 3.65. The Morgan fingerprint density at radius 3 is 2.46 bits per heavy atom. The first-order chi connectivity index (χ1) is 17.5. The number of fused-ring (bicyclic) bond motifs is 1. The van der Waals surface area contributed by atoms with Crippen molar-refractivity contribution in [1.29, 1.82) is 0 Å². The highest BCUT2D eigenvalue weighted by Crippen LogP contribution is 2.39. The average Bonchev–Trinajstić information content (AvgIpc) is 3.28. The van der Waals surface area contributed by atoms with Gasteiger partial charge in [0.2, 0.25) is 0 Å². The van der Waals surface area contributed by atoms with Gasteiger partial charge >= 0.3 is 17.8 Å². The Morgan fingerprint density at radius 2 is 1.81 bits per heavy atom. The summed E-state index contributed by atoms with van der Waals surface area (Å²) in [6.45, 7) is 1.52. The van der Waals surface area contributed by atoms with E-state index in [4.69, 9.17) is 14.2 Å². The van der Waals surface area contributed by atoms with Crippen LogP contribution >= 0.6 is 11.5 Å². The molecule has 0 spiro atoms. The number of hydrogen-bond donors (Lipinski definition) is 0. The number of ether oxygens (including phenoxy) is 3. The van der Waals surface area contributed by atoms with E-state index >= 15 is 0 Å². The van der Waals surface area contributed by atoms with Crippen LogP contribution in [0.15, 0.2) is 52.1 Å². The molecule has 0 aliphatic heterocycles. The second kappa shape index (κ2) is 9.73. The first-order valence-electron chi connectivity index (χ1n) is 10.7. The number of methoxy groups -OCH3 is 2. The molecule has 4 aromatic rings. The summed E-state index contributed by atoms with van der Waals surface area (Å²) in [6.07, 6.45) is -5.81. The van der Waals surface area contributed by atoms with Crippen molar-refractivity contribution < 1.29 is 32.2 Å². The number of rotatable bonds is 6. The SMILES string of the molecule is COC(=O)C(C)Oc1ccc(OC)cc1-c1nsc2ccc(-n3c(=O)cc(C(F)(F)F)n(C)c3=O)cc12. The van der Waals surface area contributed by atoms with Crippen molar-refractivity contribution in [3.8, 4) is 28.4 Å². The van der Waals surface area contributed by atoms with Gasteiger partial charge in [-0.05, 0) is 54.9 Å². The third-order valence-electron chi connectivity index (χ3n) is 5.60. The fourth-order valence-electron chi connectivity index (χ4n) is 3.72. The summed E-state index contributed by atoms with van der Waals surface area (Å²) >= 11 is 1.12. The van der Waals surface area contributed by atoms with Gasteiger partial charge in [0.05, 0.1) is 30.3 Å². The molecular formula is C24H20F3N3O6S. The van der Waals surface area contributed by atoms with Crippen molar-refractivity contribution in [2.24, 2.45) is 7.05 Å². The zero-order valence-electron chi connectivity index (χ0n) is 20.0. The molecule has 0 fully saturated rings. The van der Waals surface area contributed by atoms with E-state index < -0.39 is 35.2 Å². The highest BCUT2D eigenvalue weighted by atomic mass is 32.1. The number of halogens is 3. The summed E-state index contributed by atoms with van der Waals surface area (Å²) in [4.78, 5) is 37.3. The van der Waals surface area contributed by atoms with Gasteiger partial charge in [0.25, 0.3) is 5.56 Å². The Balaban J connectivity index is 1.90. The molecule has 2 aromatic carbocycles. The number of carbonyl (C=O) groups is 1. The van der Waals surface area contributed by atoms with Crippen LogP contribution in [0.25, 0.3) is 27.0 Å². The van der Waals surface area contributed by atoms with E-state index in [-0.39, 0.29) is 5.69 Å². The topological polar surface area (TPSA) is 102 Å². The smallest absolute Gasteiger partial charge is 0.431 e. The highest BCUT2D eigenvalue weighted by molar-refractivity contribution is 7.13. The molecule has 1 atom stereocenters. The minimum Gasteiger partial charge on any atom is -0.497 e. The van der Waals surface area contributed by atoms with Crippen LogP contribution < -0.4 is 20.7 Å². The van der Waals surface area contributed by atoms with E-state index in [1.807, 2.05) is 0 Å². The molecule has 9 nitrogen and oxygen atoms in total. The fourth-order valence-corrected chi connectivity index (χ4v) is 4.49. The third kappa shape index (κ3) is 4.81. The molecule has 37 heavy (non-hydrogen) atoms. The largest absolute Gasteiger partial charge is 0.497 e. The normalized spacial score (nSPS) is 12.4. The van der Waals surface area contributed by atoms with E-state index in [0.717, 1.165) is 18.6 Å². The minimum absolute atomic E-state index is 0.0570. The molecule has 0 bridgehead atoms. The summed E-state index contributed by atoms with van der Waals surface area (Å²) in [6, 6.07) is 9.78. The predicted molar refractivity (Wildman–Crippen MR) is 130 cm³/mol. The number of nitrogens with zero attached hydrogens (tertiary/aromatic N) is 3. The third-order valence-corrected chi connectivity index (χ3v) is 6.43. The predicted octanol–water partition coefficient (Wildman–Crippen LogP) is 3.78. The van der Waals surface area contributed by atoms with Crippen molar-refractivity contribution in [2.75, 3.05) is 14.2 Å². The first kappa shape index (κ1) is 25.9. The molecule has 0 saturated carbocycles. The van der Waals surface area contributed by atoms with Gasteiger partial charge in [-0.15, -0.1) is 0 Å². The number of hydrogen-bond acceptors (Lipinski definition) is 8. The number of carbonyl (C=O) groups excluding carboxylic acids is 1. The molecule has 0 aliphatic carbocycles. The average molecular weight is 536 g/mol. The van der Waals surface area contributed by atoms with Crippen LogP contribution in [0.4, 0.5) is 13.2 Å². The molecule has 13 heteroatoms. The van der Waals surface area contributed by atoms with E-state index in [0.29, 0.717) is 48.0 Å². The van der Waals surface area contributed by atoms with Gasteiger partial charge in [0, 0.05) is 24.1 Å². The van der Waals surface area contributed by atoms with E-state index in [1.165, 1.54) is 33.3 Å². The van der Waals surface area contributed by atoms with Gasteiger partial charge in [-0.25, -0.2) is 14.2 Å². The second-order valence-electron chi connectivity index (χ2n) is 7.90. The Morgan fingerprint density at radius 1 is 1.08 bits per heavy atom. The number of benzene rings is 2. The zero-order valence-corrected chi connectivity index (χ0v) is 20.8. The quantitative estimate of drug-likeness (QED) is 0.347. The van der Waals surface area contributed by atoms with Crippen LogP contribution in [-0.4, -0.2) is 39.8 Å². The van der Waals surface area contributed by atoms with Crippen molar-refractivity contribution in [3.05, 3.63) is 69.0 Å². The molecule has 0 saturated heterocycles. The number of aromatic nitrogens is 3. The van der Waals surface area contributed by atoms with Gasteiger partial charge in [0.15, 0.2) is 6.10 Å². The molecule has 2 aromatic heterocycles. The van der Waals surface area contributed by atoms with Crippen LogP contribution in [0.5, 0.6) is 11.5 Å². The highest BCUT2D eigenvalue weighted by Gasteiger charge is 2.35. The van der Waals surface area contributed by atoms with Gasteiger partial charge in [0.1, 0.15) is 17.2 Å². The summed E-state index contributed by atoms with van der Waals surface area (Å²) < 4.78 is 61.8. The molecular weight excluding hydrogens is 515 g/mol. The van der Waals surface area contributed by atoms with Gasteiger partial charge in [-0.2, -0.15) is 17.5 Å². The Bertz CT molecular complexity index is 1620. The lowest BCUT2D eigenvalue weighted by Crippen LogP contribution is -2.40. The molecule has 0 N–H and O–H groups in total. The van der Waals surface area contributed by atoms with Crippen LogP contribution in [-0.2, 0) is 22.8 Å². The minimum atomic E-state index is -4.87. The maximum atomic E-state index is 13.2. The van der Waals surface area contributed by atoms with E-state index in [9.17, 15) is 27.6 Å². The van der Waals surface area contributed by atoms with Gasteiger partial charge in [-0.3, -0.25) is 9.36 Å². The van der Waals surface area contributed by atoms with E-state index in [2.05, 4.69) is 4.37 Å².